The molecule has 3 N–H and O–H groups in total. The maximum atomic E-state index is 12.5. The van der Waals surface area contributed by atoms with Crippen LogP contribution in [0.15, 0.2) is 41.3 Å². The van der Waals surface area contributed by atoms with Gasteiger partial charge in [-0.2, -0.15) is 0 Å². The lowest BCUT2D eigenvalue weighted by Crippen LogP contribution is -2.28. The fourth-order valence-electron chi connectivity index (χ4n) is 2.69. The number of anilines is 2. The molecule has 0 saturated heterocycles. The number of amides is 1. The van der Waals surface area contributed by atoms with Gasteiger partial charge in [-0.05, 0) is 49.7 Å². The second kappa shape index (κ2) is 10.7. The lowest BCUT2D eigenvalue weighted by atomic mass is 10.2. The SMILES string of the molecule is CCS(=O)(=O)Nc1ccc(NC(=O)CCNS(=O)(=O)c2ccc(OC)c(OC)c2)cc1C. The molecule has 32 heavy (non-hydrogen) atoms. The number of nitrogens with one attached hydrogen (secondary N) is 3. The Kier molecular flexibility index (Phi) is 8.47. The molecule has 0 atom stereocenters. The van der Waals surface area contributed by atoms with Gasteiger partial charge < -0.3 is 14.8 Å². The van der Waals surface area contributed by atoms with Gasteiger partial charge in [0.05, 0.1) is 30.6 Å². The number of hydrogen-bond donors (Lipinski definition) is 3. The summed E-state index contributed by atoms with van der Waals surface area (Å²) >= 11 is 0. The molecule has 2 rings (SSSR count). The molecule has 0 fully saturated rings. The molecule has 0 heterocycles. The van der Waals surface area contributed by atoms with Crippen LogP contribution in [-0.2, 0) is 24.8 Å². The van der Waals surface area contributed by atoms with Gasteiger partial charge in [-0.1, -0.05) is 0 Å². The van der Waals surface area contributed by atoms with Gasteiger partial charge in [-0.15, -0.1) is 0 Å². The van der Waals surface area contributed by atoms with E-state index in [9.17, 15) is 21.6 Å². The van der Waals surface area contributed by atoms with Crippen molar-refractivity contribution in [2.45, 2.75) is 25.2 Å². The molecule has 0 saturated carbocycles. The topological polar surface area (TPSA) is 140 Å². The Hall–Kier alpha value is -2.83. The molecule has 0 bridgehead atoms. The highest BCUT2D eigenvalue weighted by Crippen LogP contribution is 2.29. The molecule has 10 nitrogen and oxygen atoms in total. The normalized spacial score (nSPS) is 11.6. The quantitative estimate of drug-likeness (QED) is 0.443. The van der Waals surface area contributed by atoms with E-state index in [4.69, 9.17) is 9.47 Å². The van der Waals surface area contributed by atoms with Crippen molar-refractivity contribution in [1.82, 2.24) is 4.72 Å². The molecule has 0 spiro atoms. The van der Waals surface area contributed by atoms with E-state index in [0.29, 0.717) is 22.7 Å². The fraction of sp³-hybridized carbons (Fsp3) is 0.350. The number of carbonyl (C=O) groups is 1. The highest BCUT2D eigenvalue weighted by atomic mass is 32.2. The largest absolute Gasteiger partial charge is 0.493 e. The molecule has 1 amide bonds. The van der Waals surface area contributed by atoms with Gasteiger partial charge in [-0.25, -0.2) is 21.6 Å². The highest BCUT2D eigenvalue weighted by molar-refractivity contribution is 7.92. The summed E-state index contributed by atoms with van der Waals surface area (Å²) in [5.74, 6) is 0.216. The van der Waals surface area contributed by atoms with Gasteiger partial charge in [0.25, 0.3) is 0 Å². The van der Waals surface area contributed by atoms with Crippen molar-refractivity contribution >= 4 is 37.3 Å². The summed E-state index contributed by atoms with van der Waals surface area (Å²) in [6.07, 6.45) is -0.101. The van der Waals surface area contributed by atoms with E-state index < -0.39 is 26.0 Å². The van der Waals surface area contributed by atoms with Crippen LogP contribution >= 0.6 is 0 Å². The van der Waals surface area contributed by atoms with E-state index in [-0.39, 0.29) is 29.4 Å². The third kappa shape index (κ3) is 6.84. The zero-order valence-corrected chi connectivity index (χ0v) is 19.9. The average Bonchev–Trinajstić information content (AvgIpc) is 2.74. The zero-order chi connectivity index (χ0) is 23.9. The molecule has 176 valence electrons. The van der Waals surface area contributed by atoms with Gasteiger partial charge in [0.15, 0.2) is 11.5 Å². The highest BCUT2D eigenvalue weighted by Gasteiger charge is 2.17. The first-order valence-corrected chi connectivity index (χ1v) is 12.8. The summed E-state index contributed by atoms with van der Waals surface area (Å²) in [6, 6.07) is 8.93. The number of ether oxygens (including phenoxy) is 2. The summed E-state index contributed by atoms with van der Waals surface area (Å²) in [6.45, 7) is 3.13. The van der Waals surface area contributed by atoms with Crippen molar-refractivity contribution in [3.8, 4) is 11.5 Å². The molecule has 0 aliphatic carbocycles. The summed E-state index contributed by atoms with van der Waals surface area (Å²) < 4.78 is 63.4. The number of methoxy groups -OCH3 is 2. The van der Waals surface area contributed by atoms with Crippen molar-refractivity contribution in [3.05, 3.63) is 42.0 Å². The van der Waals surface area contributed by atoms with Crippen LogP contribution in [-0.4, -0.2) is 49.3 Å². The Morgan fingerprint density at radius 3 is 2.25 bits per heavy atom. The minimum Gasteiger partial charge on any atom is -0.493 e. The second-order valence-corrected chi connectivity index (χ2v) is 10.5. The minimum atomic E-state index is -3.85. The van der Waals surface area contributed by atoms with Crippen LogP contribution in [0.5, 0.6) is 11.5 Å². The fourth-order valence-corrected chi connectivity index (χ4v) is 4.44. The Bertz CT molecular complexity index is 1180. The summed E-state index contributed by atoms with van der Waals surface area (Å²) in [7, 11) is -4.41. The molecule has 0 radical (unpaired) electrons. The van der Waals surface area contributed by atoms with Gasteiger partial charge >= 0.3 is 0 Å². The molecule has 0 aromatic heterocycles. The summed E-state index contributed by atoms with van der Waals surface area (Å²) in [5.41, 5.74) is 1.52. The predicted octanol–water partition coefficient (Wildman–Crippen LogP) is 2.08. The van der Waals surface area contributed by atoms with Crippen LogP contribution in [0, 0.1) is 6.92 Å². The van der Waals surface area contributed by atoms with Crippen molar-refractivity contribution in [2.24, 2.45) is 0 Å². The number of carbonyl (C=O) groups excluding carboxylic acids is 1. The van der Waals surface area contributed by atoms with Gasteiger partial charge in [-0.3, -0.25) is 9.52 Å². The van der Waals surface area contributed by atoms with Crippen molar-refractivity contribution in [2.75, 3.05) is 36.6 Å². The van der Waals surface area contributed by atoms with E-state index in [1.54, 1.807) is 25.1 Å². The summed E-state index contributed by atoms with van der Waals surface area (Å²) in [5, 5.41) is 2.66. The Morgan fingerprint density at radius 1 is 0.969 bits per heavy atom. The van der Waals surface area contributed by atoms with Crippen LogP contribution in [0.1, 0.15) is 18.9 Å². The number of rotatable bonds is 11. The zero-order valence-electron chi connectivity index (χ0n) is 18.3. The molecule has 0 aliphatic heterocycles. The molecule has 0 unspecified atom stereocenters. The van der Waals surface area contributed by atoms with E-state index in [1.807, 2.05) is 0 Å². The maximum absolute atomic E-state index is 12.5. The monoisotopic (exact) mass is 485 g/mol. The molecule has 0 aliphatic rings. The predicted molar refractivity (Wildman–Crippen MR) is 122 cm³/mol. The molecular weight excluding hydrogens is 458 g/mol. The van der Waals surface area contributed by atoms with Crippen LogP contribution in [0.4, 0.5) is 11.4 Å². The molecule has 2 aromatic rings. The molecule has 12 heteroatoms. The van der Waals surface area contributed by atoms with Crippen LogP contribution in [0.2, 0.25) is 0 Å². The maximum Gasteiger partial charge on any atom is 0.240 e. The van der Waals surface area contributed by atoms with Crippen molar-refractivity contribution in [1.29, 1.82) is 0 Å². The first-order valence-electron chi connectivity index (χ1n) is 9.64. The standard InChI is InChI=1S/C20H27N3O7S2/c1-5-31(25,26)23-17-8-6-15(12-14(17)2)22-20(24)10-11-21-32(27,28)16-7-9-18(29-3)19(13-16)30-4/h6-9,12-13,21,23H,5,10-11H2,1-4H3,(H,22,24). The number of aryl methyl sites for hydroxylation is 1. The van der Waals surface area contributed by atoms with E-state index >= 15 is 0 Å². The average molecular weight is 486 g/mol. The number of hydrogen-bond acceptors (Lipinski definition) is 7. The molecular formula is C20H27N3O7S2. The lowest BCUT2D eigenvalue weighted by molar-refractivity contribution is -0.116. The first-order chi connectivity index (χ1) is 15.0. The summed E-state index contributed by atoms with van der Waals surface area (Å²) in [4.78, 5) is 12.2. The van der Waals surface area contributed by atoms with Crippen molar-refractivity contribution in [3.63, 3.8) is 0 Å². The minimum absolute atomic E-state index is 0.0173. The Balaban J connectivity index is 1.95. The van der Waals surface area contributed by atoms with E-state index in [2.05, 4.69) is 14.8 Å². The van der Waals surface area contributed by atoms with Crippen molar-refractivity contribution < 1.29 is 31.1 Å². The lowest BCUT2D eigenvalue weighted by Gasteiger charge is -2.12. The van der Waals surface area contributed by atoms with Gasteiger partial charge in [0, 0.05) is 24.7 Å². The number of benzene rings is 2. The van der Waals surface area contributed by atoms with Gasteiger partial charge in [0.2, 0.25) is 26.0 Å². The van der Waals surface area contributed by atoms with Crippen LogP contribution < -0.4 is 24.2 Å². The molecule has 2 aromatic carbocycles. The third-order valence-electron chi connectivity index (χ3n) is 4.47. The van der Waals surface area contributed by atoms with Gasteiger partial charge in [0.1, 0.15) is 0 Å². The smallest absolute Gasteiger partial charge is 0.240 e. The number of sulfonamides is 2. The second-order valence-electron chi connectivity index (χ2n) is 6.75. The van der Waals surface area contributed by atoms with Crippen LogP contribution in [0.25, 0.3) is 0 Å². The van der Waals surface area contributed by atoms with E-state index in [0.717, 1.165) is 0 Å². The third-order valence-corrected chi connectivity index (χ3v) is 7.21. The Labute approximate surface area is 188 Å². The first kappa shape index (κ1) is 25.4. The van der Waals surface area contributed by atoms with Crippen LogP contribution in [0.3, 0.4) is 0 Å². The van der Waals surface area contributed by atoms with E-state index in [1.165, 1.54) is 39.3 Å². The Morgan fingerprint density at radius 2 is 1.66 bits per heavy atom.